The molecule has 19 heavy (non-hydrogen) atoms. The summed E-state index contributed by atoms with van der Waals surface area (Å²) in [7, 11) is 3.25. The Morgan fingerprint density at radius 3 is 2.05 bits per heavy atom. The topological polar surface area (TPSA) is 44.5 Å². The second kappa shape index (κ2) is 6.26. The molecule has 102 valence electrons. The molecule has 1 atom stereocenters. The van der Waals surface area contributed by atoms with Crippen LogP contribution in [0.3, 0.4) is 0 Å². The van der Waals surface area contributed by atoms with Gasteiger partial charge in [-0.25, -0.2) is 0 Å². The molecule has 0 fully saturated rings. The first kappa shape index (κ1) is 14.8. The Kier molecular flexibility index (Phi) is 4.89. The lowest BCUT2D eigenvalue weighted by Crippen LogP contribution is -2.11. The molecule has 1 heterocycles. The van der Waals surface area contributed by atoms with Gasteiger partial charge in [0.15, 0.2) is 0 Å². The Labute approximate surface area is 133 Å². The molecule has 0 saturated heterocycles. The van der Waals surface area contributed by atoms with Crippen LogP contribution in [0.2, 0.25) is 0 Å². The second-order valence-electron chi connectivity index (χ2n) is 3.90. The number of hydrogen-bond acceptors (Lipinski definition) is 4. The molecule has 1 aromatic heterocycles. The first-order valence-corrected chi connectivity index (χ1v) is 7.88. The summed E-state index contributed by atoms with van der Waals surface area (Å²) >= 11 is 8.60. The van der Waals surface area contributed by atoms with Crippen LogP contribution in [0.4, 0.5) is 0 Å². The molecule has 2 N–H and O–H groups in total. The normalized spacial score (nSPS) is 12.3. The average Bonchev–Trinajstić information content (AvgIpc) is 2.76. The van der Waals surface area contributed by atoms with Gasteiger partial charge in [-0.1, -0.05) is 0 Å². The van der Waals surface area contributed by atoms with Crippen molar-refractivity contribution in [2.45, 2.75) is 6.04 Å². The first-order valence-electron chi connectivity index (χ1n) is 5.48. The van der Waals surface area contributed by atoms with E-state index in [1.165, 1.54) is 0 Å². The summed E-state index contributed by atoms with van der Waals surface area (Å²) in [5.41, 5.74) is 8.30. The van der Waals surface area contributed by atoms with E-state index in [1.54, 1.807) is 25.6 Å². The second-order valence-corrected chi connectivity index (χ2v) is 7.65. The number of ether oxygens (including phenoxy) is 2. The van der Waals surface area contributed by atoms with E-state index in [9.17, 15) is 0 Å². The van der Waals surface area contributed by atoms with Crippen LogP contribution < -0.4 is 15.2 Å². The van der Waals surface area contributed by atoms with Gasteiger partial charge in [-0.15, -0.1) is 11.3 Å². The molecule has 1 unspecified atom stereocenters. The SMILES string of the molecule is COc1cc(OC)cc(C(N)c2cc(Br)sc2Br)c1. The highest BCUT2D eigenvalue weighted by Gasteiger charge is 2.17. The van der Waals surface area contributed by atoms with Crippen LogP contribution in [0.1, 0.15) is 17.2 Å². The molecular weight excluding hydrogens is 394 g/mol. The molecule has 0 aliphatic heterocycles. The molecule has 0 radical (unpaired) electrons. The number of thiophene rings is 1. The Hall–Kier alpha value is -0.560. The molecular formula is C13H13Br2NO2S. The number of methoxy groups -OCH3 is 2. The van der Waals surface area contributed by atoms with Crippen molar-refractivity contribution < 1.29 is 9.47 Å². The van der Waals surface area contributed by atoms with Crippen molar-refractivity contribution in [2.75, 3.05) is 14.2 Å². The van der Waals surface area contributed by atoms with Gasteiger partial charge in [0.2, 0.25) is 0 Å². The van der Waals surface area contributed by atoms with Gasteiger partial charge < -0.3 is 15.2 Å². The standard InChI is InChI=1S/C13H13Br2NO2S/c1-17-8-3-7(4-9(5-8)18-2)12(16)10-6-11(14)19-13(10)15/h3-6,12H,16H2,1-2H3. The van der Waals surface area contributed by atoms with E-state index in [1.807, 2.05) is 24.3 Å². The highest BCUT2D eigenvalue weighted by molar-refractivity contribution is 9.12. The highest BCUT2D eigenvalue weighted by Crippen LogP contribution is 2.38. The lowest BCUT2D eigenvalue weighted by Gasteiger charge is -2.14. The van der Waals surface area contributed by atoms with E-state index >= 15 is 0 Å². The number of halogens is 2. The molecule has 0 bridgehead atoms. The predicted molar refractivity (Wildman–Crippen MR) is 85.3 cm³/mol. The lowest BCUT2D eigenvalue weighted by molar-refractivity contribution is 0.393. The minimum atomic E-state index is -0.235. The Balaban J connectivity index is 2.43. The van der Waals surface area contributed by atoms with E-state index in [4.69, 9.17) is 15.2 Å². The zero-order chi connectivity index (χ0) is 14.0. The fourth-order valence-corrected chi connectivity index (χ4v) is 4.68. The lowest BCUT2D eigenvalue weighted by atomic mass is 10.0. The zero-order valence-corrected chi connectivity index (χ0v) is 14.4. The van der Waals surface area contributed by atoms with E-state index in [2.05, 4.69) is 31.9 Å². The highest BCUT2D eigenvalue weighted by atomic mass is 79.9. The fraction of sp³-hybridized carbons (Fsp3) is 0.231. The van der Waals surface area contributed by atoms with E-state index < -0.39 is 0 Å². The van der Waals surface area contributed by atoms with Crippen molar-refractivity contribution in [3.63, 3.8) is 0 Å². The van der Waals surface area contributed by atoms with Gasteiger partial charge in [-0.05, 0) is 61.2 Å². The molecule has 2 aromatic rings. The van der Waals surface area contributed by atoms with E-state index in [0.717, 1.165) is 30.2 Å². The minimum Gasteiger partial charge on any atom is -0.497 e. The molecule has 3 nitrogen and oxygen atoms in total. The van der Waals surface area contributed by atoms with Gasteiger partial charge in [-0.3, -0.25) is 0 Å². The Bertz CT molecular complexity index is 564. The van der Waals surface area contributed by atoms with Gasteiger partial charge >= 0.3 is 0 Å². The predicted octanol–water partition coefficient (Wildman–Crippen LogP) is 4.34. The van der Waals surface area contributed by atoms with Crippen molar-refractivity contribution in [3.05, 3.63) is 43.0 Å². The molecule has 0 spiro atoms. The average molecular weight is 407 g/mol. The van der Waals surface area contributed by atoms with Crippen molar-refractivity contribution in [1.29, 1.82) is 0 Å². The summed E-state index contributed by atoms with van der Waals surface area (Å²) in [5.74, 6) is 1.46. The molecule has 1 aromatic carbocycles. The van der Waals surface area contributed by atoms with Crippen LogP contribution in [0.25, 0.3) is 0 Å². The molecule has 0 aliphatic carbocycles. The number of hydrogen-bond donors (Lipinski definition) is 1. The smallest absolute Gasteiger partial charge is 0.122 e. The third-order valence-electron chi connectivity index (χ3n) is 2.75. The van der Waals surface area contributed by atoms with Crippen molar-refractivity contribution >= 4 is 43.2 Å². The maximum Gasteiger partial charge on any atom is 0.122 e. The summed E-state index contributed by atoms with van der Waals surface area (Å²) in [6, 6.07) is 7.46. The van der Waals surface area contributed by atoms with Gasteiger partial charge in [0.25, 0.3) is 0 Å². The van der Waals surface area contributed by atoms with Crippen LogP contribution in [-0.4, -0.2) is 14.2 Å². The van der Waals surface area contributed by atoms with Crippen LogP contribution in [0.15, 0.2) is 31.8 Å². The van der Waals surface area contributed by atoms with Crippen molar-refractivity contribution in [2.24, 2.45) is 5.73 Å². The maximum atomic E-state index is 6.32. The maximum absolute atomic E-state index is 6.32. The van der Waals surface area contributed by atoms with Crippen LogP contribution in [0, 0.1) is 0 Å². The number of rotatable bonds is 4. The molecule has 0 saturated carbocycles. The zero-order valence-electron chi connectivity index (χ0n) is 10.4. The quantitative estimate of drug-likeness (QED) is 0.821. The first-order chi connectivity index (χ1) is 9.05. The van der Waals surface area contributed by atoms with Crippen molar-refractivity contribution in [1.82, 2.24) is 0 Å². The van der Waals surface area contributed by atoms with Gasteiger partial charge in [-0.2, -0.15) is 0 Å². The fourth-order valence-electron chi connectivity index (χ4n) is 1.75. The van der Waals surface area contributed by atoms with Gasteiger partial charge in [0.1, 0.15) is 11.5 Å². The van der Waals surface area contributed by atoms with Gasteiger partial charge in [0, 0.05) is 6.07 Å². The third-order valence-corrected chi connectivity index (χ3v) is 5.14. The summed E-state index contributed by atoms with van der Waals surface area (Å²) in [5, 5.41) is 0. The summed E-state index contributed by atoms with van der Waals surface area (Å²) in [4.78, 5) is 0. The Morgan fingerprint density at radius 2 is 1.63 bits per heavy atom. The van der Waals surface area contributed by atoms with Crippen LogP contribution in [0.5, 0.6) is 11.5 Å². The summed E-state index contributed by atoms with van der Waals surface area (Å²) in [6.07, 6.45) is 0. The summed E-state index contributed by atoms with van der Waals surface area (Å²) < 4.78 is 12.6. The van der Waals surface area contributed by atoms with E-state index in [-0.39, 0.29) is 6.04 Å². The molecule has 2 rings (SSSR count). The molecule has 0 aliphatic rings. The third kappa shape index (κ3) is 3.31. The van der Waals surface area contributed by atoms with Crippen LogP contribution in [-0.2, 0) is 0 Å². The minimum absolute atomic E-state index is 0.235. The molecule has 6 heteroatoms. The largest absolute Gasteiger partial charge is 0.497 e. The Morgan fingerprint density at radius 1 is 1.05 bits per heavy atom. The van der Waals surface area contributed by atoms with E-state index in [0.29, 0.717) is 0 Å². The summed E-state index contributed by atoms with van der Waals surface area (Å²) in [6.45, 7) is 0. The van der Waals surface area contributed by atoms with Crippen molar-refractivity contribution in [3.8, 4) is 11.5 Å². The van der Waals surface area contributed by atoms with Gasteiger partial charge in [0.05, 0.1) is 27.8 Å². The number of benzene rings is 1. The number of nitrogens with two attached hydrogens (primary N) is 1. The monoisotopic (exact) mass is 405 g/mol. The molecule has 0 amide bonds. The van der Waals surface area contributed by atoms with Crippen LogP contribution >= 0.6 is 43.2 Å².